The molecule has 33 heavy (non-hydrogen) atoms. The Bertz CT molecular complexity index is 1230. The number of anilines is 1. The maximum Gasteiger partial charge on any atom is 0.240 e. The van der Waals surface area contributed by atoms with Gasteiger partial charge >= 0.3 is 0 Å². The summed E-state index contributed by atoms with van der Waals surface area (Å²) in [6, 6.07) is 27.0. The number of aryl methyl sites for hydroxylation is 1. The van der Waals surface area contributed by atoms with Crippen LogP contribution in [-0.2, 0) is 11.4 Å². The molecule has 0 saturated heterocycles. The smallest absolute Gasteiger partial charge is 0.240 e. The molecule has 1 amide bonds. The first kappa shape index (κ1) is 21.1. The number of nitrogens with one attached hydrogen (secondary N) is 2. The van der Waals surface area contributed by atoms with Gasteiger partial charge in [0.1, 0.15) is 17.6 Å². The number of carbonyl (C=O) groups is 1. The quantitative estimate of drug-likeness (QED) is 0.442. The fourth-order valence-corrected chi connectivity index (χ4v) is 4.72. The Balaban J connectivity index is 1.40. The molecule has 2 heterocycles. The van der Waals surface area contributed by atoms with Gasteiger partial charge in [-0.2, -0.15) is 0 Å². The maximum absolute atomic E-state index is 13.3. The first-order valence-corrected chi connectivity index (χ1v) is 11.5. The summed E-state index contributed by atoms with van der Waals surface area (Å²) in [6.07, 6.45) is 0. The summed E-state index contributed by atoms with van der Waals surface area (Å²) in [5.74, 6) is 1.30. The second kappa shape index (κ2) is 9.38. The van der Waals surface area contributed by atoms with E-state index in [1.165, 1.54) is 11.8 Å². The summed E-state index contributed by atoms with van der Waals surface area (Å²) in [4.78, 5) is 13.3. The minimum absolute atomic E-state index is 0.0958. The molecular formula is C25H23N5O2S. The molecule has 4 aromatic rings. The lowest BCUT2D eigenvalue weighted by Gasteiger charge is -2.33. The van der Waals surface area contributed by atoms with Crippen LogP contribution in [0.5, 0.6) is 5.75 Å². The van der Waals surface area contributed by atoms with Crippen LogP contribution in [-0.4, -0.2) is 26.0 Å². The average molecular weight is 458 g/mol. The lowest BCUT2D eigenvalue weighted by Crippen LogP contribution is -2.41. The summed E-state index contributed by atoms with van der Waals surface area (Å²) in [5.41, 5.74) is 6.36. The zero-order valence-corrected chi connectivity index (χ0v) is 18.8. The molecule has 0 aliphatic carbocycles. The maximum atomic E-state index is 13.3. The number of fused-ring (bicyclic) bond motifs is 1. The van der Waals surface area contributed by atoms with Crippen molar-refractivity contribution in [2.45, 2.75) is 30.0 Å². The van der Waals surface area contributed by atoms with Crippen molar-refractivity contribution in [2.24, 2.45) is 0 Å². The largest absolute Gasteiger partial charge is 0.486 e. The molecule has 7 nitrogen and oxygen atoms in total. The summed E-state index contributed by atoms with van der Waals surface area (Å²) >= 11 is 1.39. The molecule has 8 heteroatoms. The Labute approximate surface area is 196 Å². The van der Waals surface area contributed by atoms with Crippen LogP contribution in [0.2, 0.25) is 0 Å². The van der Waals surface area contributed by atoms with Crippen molar-refractivity contribution >= 4 is 23.4 Å². The van der Waals surface area contributed by atoms with Crippen molar-refractivity contribution in [3.05, 3.63) is 102 Å². The minimum Gasteiger partial charge on any atom is -0.486 e. The first-order valence-electron chi connectivity index (χ1n) is 10.7. The van der Waals surface area contributed by atoms with E-state index >= 15 is 0 Å². The molecule has 0 bridgehead atoms. The van der Waals surface area contributed by atoms with E-state index in [4.69, 9.17) is 4.74 Å². The second-order valence-corrected chi connectivity index (χ2v) is 8.86. The number of benzene rings is 3. The lowest BCUT2D eigenvalue weighted by molar-refractivity contribution is -0.116. The molecule has 3 aromatic carbocycles. The molecule has 0 unspecified atom stereocenters. The van der Waals surface area contributed by atoms with Gasteiger partial charge in [-0.1, -0.05) is 78.0 Å². The van der Waals surface area contributed by atoms with Crippen molar-refractivity contribution in [3.63, 3.8) is 0 Å². The van der Waals surface area contributed by atoms with Gasteiger partial charge in [0.15, 0.2) is 5.82 Å². The van der Waals surface area contributed by atoms with Crippen LogP contribution >= 0.6 is 11.8 Å². The molecule has 5 rings (SSSR count). The van der Waals surface area contributed by atoms with Gasteiger partial charge in [0.25, 0.3) is 0 Å². The molecule has 0 spiro atoms. The van der Waals surface area contributed by atoms with Gasteiger partial charge in [0, 0.05) is 5.69 Å². The first-order chi connectivity index (χ1) is 16.2. The number of carbonyl (C=O) groups excluding carboxylic acids is 1. The van der Waals surface area contributed by atoms with E-state index in [2.05, 4.69) is 20.9 Å². The number of nitrogens with zero attached hydrogens (tertiary/aromatic N) is 3. The summed E-state index contributed by atoms with van der Waals surface area (Å²) in [5, 5.41) is 11.8. The lowest BCUT2D eigenvalue weighted by atomic mass is 10.0. The van der Waals surface area contributed by atoms with Crippen LogP contribution in [0.3, 0.4) is 0 Å². The Morgan fingerprint density at radius 3 is 2.42 bits per heavy atom. The molecule has 0 saturated carbocycles. The van der Waals surface area contributed by atoms with Crippen molar-refractivity contribution < 1.29 is 9.53 Å². The van der Waals surface area contributed by atoms with Crippen LogP contribution in [0, 0.1) is 6.92 Å². The second-order valence-electron chi connectivity index (χ2n) is 7.75. The summed E-state index contributed by atoms with van der Waals surface area (Å²) in [7, 11) is 0. The van der Waals surface area contributed by atoms with Gasteiger partial charge in [-0.05, 0) is 36.8 Å². The summed E-state index contributed by atoms with van der Waals surface area (Å²) in [6.45, 7) is 2.27. The van der Waals surface area contributed by atoms with Crippen LogP contribution in [0.1, 0.15) is 23.0 Å². The Kier molecular flexibility index (Phi) is 5.99. The third kappa shape index (κ3) is 4.70. The van der Waals surface area contributed by atoms with Gasteiger partial charge < -0.3 is 15.5 Å². The van der Waals surface area contributed by atoms with Crippen LogP contribution in [0.15, 0.2) is 90.1 Å². The number of ether oxygens (including phenoxy) is 1. The minimum atomic E-state index is -0.437. The van der Waals surface area contributed by atoms with Crippen molar-refractivity contribution in [3.8, 4) is 5.75 Å². The Hall–Kier alpha value is -3.78. The van der Waals surface area contributed by atoms with Crippen LogP contribution in [0.4, 0.5) is 5.69 Å². The SMILES string of the molecule is Cc1ccc(NC(=O)[C@@H]2Sc3nnc(COc4ccccc4)n3N[C@H]2c2ccccc2)cc1. The van der Waals surface area contributed by atoms with Gasteiger partial charge in [-0.15, -0.1) is 10.2 Å². The molecule has 1 aromatic heterocycles. The zero-order chi connectivity index (χ0) is 22.6. The number of amides is 1. The van der Waals surface area contributed by atoms with E-state index in [0.717, 1.165) is 22.6 Å². The van der Waals surface area contributed by atoms with E-state index < -0.39 is 5.25 Å². The Morgan fingerprint density at radius 1 is 1.00 bits per heavy atom. The molecule has 2 N–H and O–H groups in total. The molecule has 166 valence electrons. The number of hydrogen-bond donors (Lipinski definition) is 2. The molecule has 1 aliphatic heterocycles. The highest BCUT2D eigenvalue weighted by Crippen LogP contribution is 2.37. The van der Waals surface area contributed by atoms with E-state index in [1.807, 2.05) is 96.5 Å². The predicted octanol–water partition coefficient (Wildman–Crippen LogP) is 4.56. The average Bonchev–Trinajstić information content (AvgIpc) is 3.26. The summed E-state index contributed by atoms with van der Waals surface area (Å²) < 4.78 is 7.69. The number of thioether (sulfide) groups is 1. The number of para-hydroxylation sites is 1. The van der Waals surface area contributed by atoms with Gasteiger partial charge in [0.2, 0.25) is 11.1 Å². The normalized spacial score (nSPS) is 17.0. The highest BCUT2D eigenvalue weighted by Gasteiger charge is 2.37. The highest BCUT2D eigenvalue weighted by molar-refractivity contribution is 8.00. The van der Waals surface area contributed by atoms with E-state index in [1.54, 1.807) is 0 Å². The van der Waals surface area contributed by atoms with Crippen LogP contribution < -0.4 is 15.5 Å². The number of rotatable bonds is 6. The predicted molar refractivity (Wildman–Crippen MR) is 129 cm³/mol. The van der Waals surface area contributed by atoms with Crippen LogP contribution in [0.25, 0.3) is 0 Å². The van der Waals surface area contributed by atoms with Gasteiger partial charge in [-0.25, -0.2) is 4.68 Å². The van der Waals surface area contributed by atoms with Gasteiger partial charge in [0.05, 0.1) is 6.04 Å². The van der Waals surface area contributed by atoms with Gasteiger partial charge in [-0.3, -0.25) is 4.79 Å². The number of aromatic nitrogens is 3. The molecule has 1 aliphatic rings. The molecule has 0 fully saturated rings. The molecular weight excluding hydrogens is 434 g/mol. The third-order valence-electron chi connectivity index (χ3n) is 5.35. The van der Waals surface area contributed by atoms with E-state index in [-0.39, 0.29) is 18.6 Å². The standard InChI is InChI=1S/C25H23N5O2S/c1-17-12-14-19(15-13-17)26-24(31)23-22(18-8-4-2-5-9-18)29-30-21(27-28-25(30)33-23)16-32-20-10-6-3-7-11-20/h2-15,22-23,29H,16H2,1H3,(H,26,31)/t22-,23+/m0/s1. The Morgan fingerprint density at radius 2 is 1.70 bits per heavy atom. The topological polar surface area (TPSA) is 81.1 Å². The van der Waals surface area contributed by atoms with Crippen molar-refractivity contribution in [1.82, 2.24) is 14.9 Å². The third-order valence-corrected chi connectivity index (χ3v) is 6.57. The molecule has 0 radical (unpaired) electrons. The van der Waals surface area contributed by atoms with Crippen molar-refractivity contribution in [1.29, 1.82) is 0 Å². The number of hydrogen-bond acceptors (Lipinski definition) is 6. The zero-order valence-electron chi connectivity index (χ0n) is 18.0. The molecule has 2 atom stereocenters. The highest BCUT2D eigenvalue weighted by atomic mass is 32.2. The fourth-order valence-electron chi connectivity index (χ4n) is 3.62. The van der Waals surface area contributed by atoms with Crippen molar-refractivity contribution in [2.75, 3.05) is 10.7 Å². The van der Waals surface area contributed by atoms with E-state index in [0.29, 0.717) is 11.0 Å². The monoisotopic (exact) mass is 457 g/mol. The van der Waals surface area contributed by atoms with E-state index in [9.17, 15) is 4.79 Å². The fraction of sp³-hybridized carbons (Fsp3) is 0.160.